The molecule has 0 aromatic carbocycles. The molecular weight excluding hydrogens is 393 g/mol. The van der Waals surface area contributed by atoms with Gasteiger partial charge in [0.2, 0.25) is 5.91 Å². The lowest BCUT2D eigenvalue weighted by Gasteiger charge is -2.13. The Bertz CT molecular complexity index is 473. The number of nitrogens with zero attached hydrogens (tertiary/aromatic N) is 2. The molecule has 1 heterocycles. The van der Waals surface area contributed by atoms with Crippen LogP contribution in [0.2, 0.25) is 0 Å². The van der Waals surface area contributed by atoms with Crippen LogP contribution in [0.5, 0.6) is 0 Å². The summed E-state index contributed by atoms with van der Waals surface area (Å²) < 4.78 is 0. The number of carbonyl (C=O) groups excluding carboxylic acids is 1. The number of amides is 1. The summed E-state index contributed by atoms with van der Waals surface area (Å²) in [6, 6.07) is 3.71. The Hall–Kier alpha value is -1.38. The lowest BCUT2D eigenvalue weighted by Crippen LogP contribution is -2.40. The average Bonchev–Trinajstić information content (AvgIpc) is 2.45. The van der Waals surface area contributed by atoms with Crippen molar-refractivity contribution in [2.45, 2.75) is 27.2 Å². The second-order valence-electron chi connectivity index (χ2n) is 5.29. The van der Waals surface area contributed by atoms with Crippen molar-refractivity contribution < 1.29 is 4.79 Å². The number of carbonyl (C=O) groups is 1. The molecule has 0 radical (unpaired) electrons. The predicted molar refractivity (Wildman–Crippen MR) is 102 cm³/mol. The van der Waals surface area contributed by atoms with E-state index in [0.717, 1.165) is 12.1 Å². The highest BCUT2D eigenvalue weighted by molar-refractivity contribution is 14.0. The Morgan fingerprint density at radius 2 is 2.05 bits per heavy atom. The van der Waals surface area contributed by atoms with Crippen molar-refractivity contribution in [3.05, 3.63) is 23.9 Å². The molecule has 3 N–H and O–H groups in total. The number of aromatic nitrogens is 1. The molecule has 0 unspecified atom stereocenters. The molecule has 0 aliphatic rings. The van der Waals surface area contributed by atoms with Crippen molar-refractivity contribution in [3.8, 4) is 0 Å². The summed E-state index contributed by atoms with van der Waals surface area (Å²) in [7, 11) is 1.71. The molecule has 1 aromatic heterocycles. The van der Waals surface area contributed by atoms with Crippen molar-refractivity contribution in [2.24, 2.45) is 10.9 Å². The lowest BCUT2D eigenvalue weighted by atomic mass is 10.2. The summed E-state index contributed by atoms with van der Waals surface area (Å²) in [5, 5.41) is 9.06. The minimum absolute atomic E-state index is 0. The topological polar surface area (TPSA) is 78.4 Å². The summed E-state index contributed by atoms with van der Waals surface area (Å²) in [4.78, 5) is 20.0. The fraction of sp³-hybridized carbons (Fsp3) is 0.533. The van der Waals surface area contributed by atoms with Crippen molar-refractivity contribution in [2.75, 3.05) is 25.5 Å². The first-order chi connectivity index (χ1) is 10.0. The van der Waals surface area contributed by atoms with Crippen molar-refractivity contribution in [1.29, 1.82) is 0 Å². The summed E-state index contributed by atoms with van der Waals surface area (Å²) in [6.07, 6.45) is 2.09. The van der Waals surface area contributed by atoms with Gasteiger partial charge in [-0.3, -0.25) is 9.79 Å². The van der Waals surface area contributed by atoms with E-state index in [4.69, 9.17) is 0 Å². The van der Waals surface area contributed by atoms with E-state index in [0.29, 0.717) is 30.7 Å². The normalized spacial score (nSPS) is 10.9. The van der Waals surface area contributed by atoms with Crippen LogP contribution in [0.3, 0.4) is 0 Å². The average molecular weight is 419 g/mol. The number of hydrogen-bond donors (Lipinski definition) is 3. The molecule has 1 rings (SSSR count). The standard InChI is InChI=1S/C15H25N5O.HI/c1-11(2)9-19-15(16-4)17-8-7-14(21)20-13-6-5-12(3)10-18-13;/h5-6,10-11H,7-9H2,1-4H3,(H2,16,17,19)(H,18,20,21);1H. The van der Waals surface area contributed by atoms with Gasteiger partial charge < -0.3 is 16.0 Å². The van der Waals surface area contributed by atoms with Gasteiger partial charge in [-0.1, -0.05) is 19.9 Å². The summed E-state index contributed by atoms with van der Waals surface area (Å²) in [6.45, 7) is 7.58. The predicted octanol–water partition coefficient (Wildman–Crippen LogP) is 2.16. The Morgan fingerprint density at radius 1 is 1.32 bits per heavy atom. The molecule has 124 valence electrons. The maximum Gasteiger partial charge on any atom is 0.227 e. The zero-order valence-electron chi connectivity index (χ0n) is 13.6. The molecular formula is C15H26IN5O. The molecule has 0 atom stereocenters. The number of hydrogen-bond acceptors (Lipinski definition) is 3. The van der Waals surface area contributed by atoms with Crippen LogP contribution in [0.4, 0.5) is 5.82 Å². The SMILES string of the molecule is CN=C(NCCC(=O)Nc1ccc(C)cn1)NCC(C)C.I. The van der Waals surface area contributed by atoms with Gasteiger partial charge in [0.15, 0.2) is 5.96 Å². The highest BCUT2D eigenvalue weighted by Gasteiger charge is 2.04. The van der Waals surface area contributed by atoms with Gasteiger partial charge in [0.25, 0.3) is 0 Å². The highest BCUT2D eigenvalue weighted by Crippen LogP contribution is 2.03. The molecule has 1 aromatic rings. The zero-order chi connectivity index (χ0) is 15.7. The molecule has 0 aliphatic carbocycles. The monoisotopic (exact) mass is 419 g/mol. The first-order valence-electron chi connectivity index (χ1n) is 7.18. The summed E-state index contributed by atoms with van der Waals surface area (Å²) in [5.41, 5.74) is 1.06. The van der Waals surface area contributed by atoms with Gasteiger partial charge in [-0.05, 0) is 24.5 Å². The van der Waals surface area contributed by atoms with Crippen molar-refractivity contribution >= 4 is 41.7 Å². The van der Waals surface area contributed by atoms with Gasteiger partial charge in [-0.15, -0.1) is 24.0 Å². The molecule has 0 spiro atoms. The van der Waals surface area contributed by atoms with Gasteiger partial charge in [0, 0.05) is 32.8 Å². The second kappa shape index (κ2) is 11.2. The number of aliphatic imine (C=N–C) groups is 1. The van der Waals surface area contributed by atoms with Crippen LogP contribution in [0.15, 0.2) is 23.3 Å². The molecule has 6 nitrogen and oxygen atoms in total. The van der Waals surface area contributed by atoms with E-state index in [1.54, 1.807) is 19.3 Å². The van der Waals surface area contributed by atoms with Gasteiger partial charge in [-0.25, -0.2) is 4.98 Å². The van der Waals surface area contributed by atoms with E-state index < -0.39 is 0 Å². The molecule has 0 saturated heterocycles. The van der Waals surface area contributed by atoms with Gasteiger partial charge >= 0.3 is 0 Å². The largest absolute Gasteiger partial charge is 0.356 e. The fourth-order valence-corrected chi connectivity index (χ4v) is 1.56. The quantitative estimate of drug-likeness (QED) is 0.375. The third-order valence-electron chi connectivity index (χ3n) is 2.72. The summed E-state index contributed by atoms with van der Waals surface area (Å²) in [5.74, 6) is 1.76. The fourth-order valence-electron chi connectivity index (χ4n) is 1.56. The Kier molecular flexibility index (Phi) is 10.5. The minimum Gasteiger partial charge on any atom is -0.356 e. The molecule has 0 saturated carbocycles. The van der Waals surface area contributed by atoms with Crippen molar-refractivity contribution in [3.63, 3.8) is 0 Å². The minimum atomic E-state index is -0.0711. The van der Waals surface area contributed by atoms with E-state index >= 15 is 0 Å². The Morgan fingerprint density at radius 3 is 2.59 bits per heavy atom. The number of pyridine rings is 1. The number of aryl methyl sites for hydroxylation is 1. The number of anilines is 1. The summed E-state index contributed by atoms with van der Waals surface area (Å²) >= 11 is 0. The lowest BCUT2D eigenvalue weighted by molar-refractivity contribution is -0.116. The maximum atomic E-state index is 11.8. The van der Waals surface area contributed by atoms with Crippen LogP contribution in [-0.2, 0) is 4.79 Å². The van der Waals surface area contributed by atoms with E-state index in [1.807, 2.05) is 13.0 Å². The molecule has 22 heavy (non-hydrogen) atoms. The van der Waals surface area contributed by atoms with Gasteiger partial charge in [0.1, 0.15) is 5.82 Å². The molecule has 1 amide bonds. The molecule has 0 bridgehead atoms. The van der Waals surface area contributed by atoms with Crippen LogP contribution in [0.1, 0.15) is 25.8 Å². The van der Waals surface area contributed by atoms with Crippen molar-refractivity contribution in [1.82, 2.24) is 15.6 Å². The smallest absolute Gasteiger partial charge is 0.227 e. The number of nitrogens with one attached hydrogen (secondary N) is 3. The Labute approximate surface area is 149 Å². The molecule has 0 fully saturated rings. The first-order valence-corrected chi connectivity index (χ1v) is 7.18. The van der Waals surface area contributed by atoms with E-state index in [-0.39, 0.29) is 29.9 Å². The number of rotatable bonds is 6. The van der Waals surface area contributed by atoms with Gasteiger partial charge in [0.05, 0.1) is 0 Å². The van der Waals surface area contributed by atoms with Crippen LogP contribution >= 0.6 is 24.0 Å². The number of halogens is 1. The second-order valence-corrected chi connectivity index (χ2v) is 5.29. The van der Waals surface area contributed by atoms with E-state index in [1.165, 1.54) is 0 Å². The maximum absolute atomic E-state index is 11.8. The highest BCUT2D eigenvalue weighted by atomic mass is 127. The number of guanidine groups is 1. The molecule has 0 aliphatic heterocycles. The van der Waals surface area contributed by atoms with Crippen LogP contribution in [0, 0.1) is 12.8 Å². The first kappa shape index (κ1) is 20.6. The zero-order valence-corrected chi connectivity index (χ0v) is 16.0. The van der Waals surface area contributed by atoms with Crippen LogP contribution in [-0.4, -0.2) is 37.0 Å². The van der Waals surface area contributed by atoms with Gasteiger partial charge in [-0.2, -0.15) is 0 Å². The third-order valence-corrected chi connectivity index (χ3v) is 2.72. The van der Waals surface area contributed by atoms with Crippen LogP contribution in [0.25, 0.3) is 0 Å². The van der Waals surface area contributed by atoms with E-state index in [2.05, 4.69) is 39.8 Å². The third kappa shape index (κ3) is 8.81. The Balaban J connectivity index is 0.00000441. The van der Waals surface area contributed by atoms with Crippen LogP contribution < -0.4 is 16.0 Å². The molecule has 7 heteroatoms. The van der Waals surface area contributed by atoms with E-state index in [9.17, 15) is 4.79 Å².